The second-order valence-electron chi connectivity index (χ2n) is 4.96. The third-order valence-corrected chi connectivity index (χ3v) is 3.29. The summed E-state index contributed by atoms with van der Waals surface area (Å²) in [6.07, 6.45) is 2.79. The molecule has 1 aliphatic carbocycles. The first-order chi connectivity index (χ1) is 5.58. The van der Waals surface area contributed by atoms with Gasteiger partial charge < -0.3 is 5.32 Å². The summed E-state index contributed by atoms with van der Waals surface area (Å²) in [5, 5.41) is 3.54. The highest BCUT2D eigenvalue weighted by Crippen LogP contribution is 2.54. The van der Waals surface area contributed by atoms with E-state index in [4.69, 9.17) is 0 Å². The van der Waals surface area contributed by atoms with E-state index < -0.39 is 0 Å². The molecule has 1 saturated carbocycles. The summed E-state index contributed by atoms with van der Waals surface area (Å²) in [4.78, 5) is 0. The lowest BCUT2D eigenvalue weighted by atomic mass is 10.0. The van der Waals surface area contributed by atoms with Crippen LogP contribution in [0.4, 0.5) is 0 Å². The fraction of sp³-hybridized carbons (Fsp3) is 1.00. The van der Waals surface area contributed by atoms with Crippen LogP contribution in [0.3, 0.4) is 0 Å². The van der Waals surface area contributed by atoms with Gasteiger partial charge in [0.25, 0.3) is 0 Å². The lowest BCUT2D eigenvalue weighted by molar-refractivity contribution is 0.450. The van der Waals surface area contributed by atoms with E-state index in [-0.39, 0.29) is 0 Å². The molecule has 1 aliphatic rings. The standard InChI is InChI=1S/C11H23N/c1-5-11(4)6-10(11)8-12-7-9(2)3/h9-10,12H,5-8H2,1-4H3. The lowest BCUT2D eigenvalue weighted by Gasteiger charge is -2.09. The Morgan fingerprint density at radius 2 is 2.17 bits per heavy atom. The maximum absolute atomic E-state index is 3.54. The lowest BCUT2D eigenvalue weighted by Crippen LogP contribution is -2.23. The largest absolute Gasteiger partial charge is 0.316 e. The maximum Gasteiger partial charge on any atom is -0.00150 e. The van der Waals surface area contributed by atoms with Crippen LogP contribution in [-0.4, -0.2) is 13.1 Å². The Kier molecular flexibility index (Phi) is 3.16. The Hall–Kier alpha value is -0.0400. The molecule has 1 heteroatoms. The molecule has 1 N–H and O–H groups in total. The molecular weight excluding hydrogens is 146 g/mol. The fourth-order valence-electron chi connectivity index (χ4n) is 1.80. The molecule has 0 aromatic rings. The zero-order valence-electron chi connectivity index (χ0n) is 8.98. The molecule has 0 spiro atoms. The van der Waals surface area contributed by atoms with E-state index in [1.54, 1.807) is 0 Å². The van der Waals surface area contributed by atoms with Gasteiger partial charge in [0.05, 0.1) is 0 Å². The molecule has 1 rings (SSSR count). The zero-order valence-corrected chi connectivity index (χ0v) is 8.98. The third-order valence-electron chi connectivity index (χ3n) is 3.29. The van der Waals surface area contributed by atoms with Crippen molar-refractivity contribution in [3.63, 3.8) is 0 Å². The summed E-state index contributed by atoms with van der Waals surface area (Å²) in [5.41, 5.74) is 0.685. The van der Waals surface area contributed by atoms with Crippen LogP contribution >= 0.6 is 0 Å². The number of hydrogen-bond donors (Lipinski definition) is 1. The van der Waals surface area contributed by atoms with Gasteiger partial charge in [-0.25, -0.2) is 0 Å². The molecule has 1 nitrogen and oxygen atoms in total. The van der Waals surface area contributed by atoms with E-state index in [1.165, 1.54) is 25.9 Å². The van der Waals surface area contributed by atoms with Gasteiger partial charge in [-0.15, -0.1) is 0 Å². The molecule has 0 amide bonds. The first kappa shape index (κ1) is 10.0. The molecule has 0 radical (unpaired) electrons. The highest BCUT2D eigenvalue weighted by atomic mass is 14.9. The monoisotopic (exact) mass is 169 g/mol. The molecule has 72 valence electrons. The minimum Gasteiger partial charge on any atom is -0.316 e. The first-order valence-electron chi connectivity index (χ1n) is 5.29. The van der Waals surface area contributed by atoms with Crippen molar-refractivity contribution in [1.29, 1.82) is 0 Å². The van der Waals surface area contributed by atoms with Gasteiger partial charge in [0, 0.05) is 0 Å². The van der Waals surface area contributed by atoms with E-state index in [9.17, 15) is 0 Å². The molecule has 12 heavy (non-hydrogen) atoms. The van der Waals surface area contributed by atoms with Crippen molar-refractivity contribution in [2.24, 2.45) is 17.3 Å². The van der Waals surface area contributed by atoms with E-state index in [0.717, 1.165) is 11.8 Å². The van der Waals surface area contributed by atoms with Gasteiger partial charge in [-0.1, -0.05) is 34.1 Å². The minimum atomic E-state index is 0.685. The topological polar surface area (TPSA) is 12.0 Å². The first-order valence-corrected chi connectivity index (χ1v) is 5.29. The predicted molar refractivity (Wildman–Crippen MR) is 54.2 cm³/mol. The molecule has 0 heterocycles. The summed E-state index contributed by atoms with van der Waals surface area (Å²) in [7, 11) is 0. The summed E-state index contributed by atoms with van der Waals surface area (Å²) in [6, 6.07) is 0. The van der Waals surface area contributed by atoms with E-state index in [2.05, 4.69) is 33.0 Å². The maximum atomic E-state index is 3.54. The summed E-state index contributed by atoms with van der Waals surface area (Å²) < 4.78 is 0. The summed E-state index contributed by atoms with van der Waals surface area (Å²) in [6.45, 7) is 11.7. The van der Waals surface area contributed by atoms with Crippen molar-refractivity contribution in [3.8, 4) is 0 Å². The normalized spacial score (nSPS) is 34.2. The molecule has 2 unspecified atom stereocenters. The van der Waals surface area contributed by atoms with E-state index in [0.29, 0.717) is 5.41 Å². The molecule has 2 atom stereocenters. The highest BCUT2D eigenvalue weighted by Gasteiger charge is 2.47. The number of hydrogen-bond acceptors (Lipinski definition) is 1. The SMILES string of the molecule is CCC1(C)CC1CNCC(C)C. The van der Waals surface area contributed by atoms with Crippen LogP contribution in [0.15, 0.2) is 0 Å². The van der Waals surface area contributed by atoms with E-state index in [1.807, 2.05) is 0 Å². The minimum absolute atomic E-state index is 0.685. The van der Waals surface area contributed by atoms with Crippen molar-refractivity contribution >= 4 is 0 Å². The van der Waals surface area contributed by atoms with Crippen molar-refractivity contribution in [3.05, 3.63) is 0 Å². The van der Waals surface area contributed by atoms with Crippen molar-refractivity contribution in [2.75, 3.05) is 13.1 Å². The Morgan fingerprint density at radius 1 is 1.50 bits per heavy atom. The van der Waals surface area contributed by atoms with Gasteiger partial charge in [0.1, 0.15) is 0 Å². The quantitative estimate of drug-likeness (QED) is 0.667. The Bertz CT molecular complexity index is 142. The van der Waals surface area contributed by atoms with Crippen LogP contribution in [0.2, 0.25) is 0 Å². The van der Waals surface area contributed by atoms with Crippen molar-refractivity contribution < 1.29 is 0 Å². The fourth-order valence-corrected chi connectivity index (χ4v) is 1.80. The molecular formula is C11H23N. The van der Waals surface area contributed by atoms with Crippen molar-refractivity contribution in [1.82, 2.24) is 5.32 Å². The predicted octanol–water partition coefficient (Wildman–Crippen LogP) is 2.67. The van der Waals surface area contributed by atoms with Crippen molar-refractivity contribution in [2.45, 2.75) is 40.5 Å². The number of rotatable bonds is 5. The molecule has 0 bridgehead atoms. The summed E-state index contributed by atoms with van der Waals surface area (Å²) >= 11 is 0. The Balaban J connectivity index is 2.04. The third kappa shape index (κ3) is 2.48. The van der Waals surface area contributed by atoms with Gasteiger partial charge in [0.2, 0.25) is 0 Å². The second-order valence-corrected chi connectivity index (χ2v) is 4.96. The number of nitrogens with one attached hydrogen (secondary N) is 1. The van der Waals surface area contributed by atoms with Crippen LogP contribution in [-0.2, 0) is 0 Å². The zero-order chi connectivity index (χ0) is 9.19. The smallest absolute Gasteiger partial charge is 0.00150 e. The van der Waals surface area contributed by atoms with E-state index >= 15 is 0 Å². The van der Waals surface area contributed by atoms with Crippen LogP contribution in [0.1, 0.15) is 40.5 Å². The van der Waals surface area contributed by atoms with Crippen LogP contribution in [0.25, 0.3) is 0 Å². The average molecular weight is 169 g/mol. The van der Waals surface area contributed by atoms with Crippen LogP contribution < -0.4 is 5.32 Å². The van der Waals surface area contributed by atoms with Gasteiger partial charge >= 0.3 is 0 Å². The average Bonchev–Trinajstić information content (AvgIpc) is 2.63. The molecule has 0 aromatic carbocycles. The Labute approximate surface area is 76.9 Å². The molecule has 0 aliphatic heterocycles. The molecule has 0 aromatic heterocycles. The van der Waals surface area contributed by atoms with Crippen LogP contribution in [0.5, 0.6) is 0 Å². The molecule has 0 saturated heterocycles. The Morgan fingerprint density at radius 3 is 2.58 bits per heavy atom. The van der Waals surface area contributed by atoms with Gasteiger partial charge in [0.15, 0.2) is 0 Å². The second kappa shape index (κ2) is 3.78. The van der Waals surface area contributed by atoms with Gasteiger partial charge in [-0.2, -0.15) is 0 Å². The highest BCUT2D eigenvalue weighted by molar-refractivity contribution is 4.98. The van der Waals surface area contributed by atoms with Crippen LogP contribution in [0, 0.1) is 17.3 Å². The van der Waals surface area contributed by atoms with Gasteiger partial charge in [-0.3, -0.25) is 0 Å². The molecule has 1 fully saturated rings. The summed E-state index contributed by atoms with van der Waals surface area (Å²) in [5.74, 6) is 1.75. The van der Waals surface area contributed by atoms with Gasteiger partial charge in [-0.05, 0) is 36.8 Å².